The van der Waals surface area contributed by atoms with Gasteiger partial charge in [0.25, 0.3) is 0 Å². The van der Waals surface area contributed by atoms with Crippen molar-refractivity contribution >= 4 is 29.1 Å². The lowest BCUT2D eigenvalue weighted by molar-refractivity contribution is -0.144. The van der Waals surface area contributed by atoms with Crippen LogP contribution < -0.4 is 0 Å². The molecule has 0 aliphatic heterocycles. The first-order valence-electron chi connectivity index (χ1n) is 9.58. The van der Waals surface area contributed by atoms with Gasteiger partial charge in [0.2, 0.25) is 0 Å². The van der Waals surface area contributed by atoms with E-state index in [0.29, 0.717) is 17.3 Å². The molecule has 0 saturated carbocycles. The second kappa shape index (κ2) is 10.6. The summed E-state index contributed by atoms with van der Waals surface area (Å²) in [6.45, 7) is 6.77. The fraction of sp³-hybridized carbons (Fsp3) is 0.478. The first kappa shape index (κ1) is 25.7. The Balaban J connectivity index is 4.18. The molecule has 0 saturated heterocycles. The van der Waals surface area contributed by atoms with Crippen LogP contribution in [0.3, 0.4) is 0 Å². The third-order valence-corrected chi connectivity index (χ3v) is 4.66. The van der Waals surface area contributed by atoms with Crippen LogP contribution in [0.15, 0.2) is 41.1 Å². The van der Waals surface area contributed by atoms with Crippen molar-refractivity contribution in [3.8, 4) is 0 Å². The molecule has 0 heterocycles. The Labute approximate surface area is 185 Å². The number of hydrogen-bond acceptors (Lipinski definition) is 6. The molecule has 6 nitrogen and oxygen atoms in total. The highest BCUT2D eigenvalue weighted by molar-refractivity contribution is 6.30. The number of carbonyl (C=O) groups is 2. The minimum atomic E-state index is -0.744. The van der Waals surface area contributed by atoms with E-state index in [2.05, 4.69) is 20.8 Å². The van der Waals surface area contributed by atoms with Crippen LogP contribution in [0.4, 0.5) is 0 Å². The van der Waals surface area contributed by atoms with E-state index in [1.54, 1.807) is 19.0 Å². The molecule has 0 bridgehead atoms. The van der Waals surface area contributed by atoms with Crippen LogP contribution in [-0.2, 0) is 19.1 Å². The zero-order valence-electron chi connectivity index (χ0n) is 19.4. The van der Waals surface area contributed by atoms with E-state index in [1.165, 1.54) is 14.2 Å². The van der Waals surface area contributed by atoms with Crippen LogP contribution in [0.1, 0.15) is 26.3 Å². The topological polar surface area (TPSA) is 59.1 Å². The second-order valence-corrected chi connectivity index (χ2v) is 8.89. The molecule has 7 heteroatoms. The SMILES string of the molecule is COC(=O)C(C(=O)OC)=C(/C(CN(C)C)=C(/c1ccc(Cl)cc1)C(C)(C)C)N(C)C. The number of hydrogen-bond donors (Lipinski definition) is 0. The molecule has 30 heavy (non-hydrogen) atoms. The molecule has 1 aromatic rings. The molecule has 0 aliphatic rings. The maximum Gasteiger partial charge on any atom is 0.347 e. The minimum Gasteiger partial charge on any atom is -0.465 e. The van der Waals surface area contributed by atoms with Gasteiger partial charge in [-0.3, -0.25) is 0 Å². The summed E-state index contributed by atoms with van der Waals surface area (Å²) >= 11 is 6.11. The standard InChI is InChI=1S/C23H33ClN2O4/c1-23(2,3)19(15-10-12-16(24)13-11-15)17(14-25(4)5)20(26(6)7)18(21(27)29-8)22(28)30-9/h10-13H,14H2,1-9H3/b19-17-. The molecule has 1 aromatic carbocycles. The molecule has 0 radical (unpaired) electrons. The van der Waals surface area contributed by atoms with Crippen molar-refractivity contribution in [3.63, 3.8) is 0 Å². The van der Waals surface area contributed by atoms with Crippen molar-refractivity contribution in [2.45, 2.75) is 20.8 Å². The van der Waals surface area contributed by atoms with Crippen molar-refractivity contribution < 1.29 is 19.1 Å². The highest BCUT2D eigenvalue weighted by Gasteiger charge is 2.32. The van der Waals surface area contributed by atoms with E-state index >= 15 is 0 Å². The van der Waals surface area contributed by atoms with Gasteiger partial charge in [0.15, 0.2) is 5.57 Å². The molecule has 0 amide bonds. The molecule has 0 N–H and O–H groups in total. The fourth-order valence-corrected chi connectivity index (χ4v) is 3.52. The molecule has 0 aromatic heterocycles. The van der Waals surface area contributed by atoms with Crippen LogP contribution >= 0.6 is 11.6 Å². The number of methoxy groups -OCH3 is 2. The molecule has 0 atom stereocenters. The predicted molar refractivity (Wildman–Crippen MR) is 121 cm³/mol. The molecular weight excluding hydrogens is 404 g/mol. The van der Waals surface area contributed by atoms with Gasteiger partial charge in [0, 0.05) is 25.7 Å². The van der Waals surface area contributed by atoms with Crippen molar-refractivity contribution in [3.05, 3.63) is 51.7 Å². The summed E-state index contributed by atoms with van der Waals surface area (Å²) in [7, 11) is 9.95. The highest BCUT2D eigenvalue weighted by atomic mass is 35.5. The van der Waals surface area contributed by atoms with Gasteiger partial charge in [-0.15, -0.1) is 0 Å². The van der Waals surface area contributed by atoms with E-state index in [4.69, 9.17) is 21.1 Å². The van der Waals surface area contributed by atoms with Crippen LogP contribution in [0, 0.1) is 5.41 Å². The third-order valence-electron chi connectivity index (χ3n) is 4.41. The third kappa shape index (κ3) is 6.34. The number of rotatable bonds is 7. The van der Waals surface area contributed by atoms with Crippen molar-refractivity contribution in [1.82, 2.24) is 9.80 Å². The van der Waals surface area contributed by atoms with Gasteiger partial charge < -0.3 is 19.3 Å². The fourth-order valence-electron chi connectivity index (χ4n) is 3.39. The monoisotopic (exact) mass is 436 g/mol. The summed E-state index contributed by atoms with van der Waals surface area (Å²) < 4.78 is 9.86. The lowest BCUT2D eigenvalue weighted by atomic mass is 9.77. The van der Waals surface area contributed by atoms with E-state index < -0.39 is 11.9 Å². The van der Waals surface area contributed by atoms with Gasteiger partial charge in [-0.05, 0) is 48.4 Å². The largest absolute Gasteiger partial charge is 0.465 e. The van der Waals surface area contributed by atoms with Gasteiger partial charge in [-0.2, -0.15) is 0 Å². The van der Waals surface area contributed by atoms with Crippen molar-refractivity contribution in [1.29, 1.82) is 0 Å². The molecule has 0 spiro atoms. The Hall–Kier alpha value is -2.31. The van der Waals surface area contributed by atoms with Crippen LogP contribution in [0.2, 0.25) is 5.02 Å². The van der Waals surface area contributed by atoms with Crippen molar-refractivity contribution in [2.75, 3.05) is 49.0 Å². The van der Waals surface area contributed by atoms with E-state index in [9.17, 15) is 9.59 Å². The zero-order chi connectivity index (χ0) is 23.2. The molecule has 1 rings (SSSR count). The molecule has 0 aliphatic carbocycles. The lowest BCUT2D eigenvalue weighted by Gasteiger charge is -2.33. The number of nitrogens with zero attached hydrogens (tertiary/aromatic N) is 2. The number of allylic oxidation sites excluding steroid dienone is 1. The Morgan fingerprint density at radius 3 is 1.73 bits per heavy atom. The molecule has 166 valence electrons. The van der Waals surface area contributed by atoms with Gasteiger partial charge in [-0.1, -0.05) is 44.5 Å². The van der Waals surface area contributed by atoms with Gasteiger partial charge in [-0.25, -0.2) is 9.59 Å². The molecule has 0 fully saturated rings. The number of halogens is 1. The Kier molecular flexibility index (Phi) is 9.12. The van der Waals surface area contributed by atoms with Crippen LogP contribution in [-0.4, -0.2) is 70.7 Å². The maximum atomic E-state index is 12.6. The van der Waals surface area contributed by atoms with E-state index in [1.807, 2.05) is 43.3 Å². The number of carbonyl (C=O) groups excluding carboxylic acids is 2. The Morgan fingerprint density at radius 2 is 1.40 bits per heavy atom. The van der Waals surface area contributed by atoms with Crippen molar-refractivity contribution in [2.24, 2.45) is 5.41 Å². The van der Waals surface area contributed by atoms with Crippen LogP contribution in [0.25, 0.3) is 5.57 Å². The van der Waals surface area contributed by atoms with Gasteiger partial charge in [0.05, 0.1) is 19.9 Å². The second-order valence-electron chi connectivity index (χ2n) is 8.45. The summed E-state index contributed by atoms with van der Waals surface area (Å²) in [6, 6.07) is 7.55. The summed E-state index contributed by atoms with van der Waals surface area (Å²) in [5.41, 5.74) is 2.78. The number of esters is 2. The first-order chi connectivity index (χ1) is 13.8. The summed E-state index contributed by atoms with van der Waals surface area (Å²) in [4.78, 5) is 29.0. The average molecular weight is 437 g/mol. The van der Waals surface area contributed by atoms with Gasteiger partial charge in [0.1, 0.15) is 0 Å². The number of likely N-dealkylation sites (N-methyl/N-ethyl adjacent to an activating group) is 2. The summed E-state index contributed by atoms with van der Waals surface area (Å²) in [5, 5.41) is 0.634. The van der Waals surface area contributed by atoms with Gasteiger partial charge >= 0.3 is 11.9 Å². The minimum absolute atomic E-state index is 0.141. The highest BCUT2D eigenvalue weighted by Crippen LogP contribution is 2.40. The number of ether oxygens (including phenoxy) is 2. The average Bonchev–Trinajstić information content (AvgIpc) is 2.64. The predicted octanol–water partition coefficient (Wildman–Crippen LogP) is 3.86. The van der Waals surface area contributed by atoms with Crippen LogP contribution in [0.5, 0.6) is 0 Å². The smallest absolute Gasteiger partial charge is 0.347 e. The maximum absolute atomic E-state index is 12.6. The Bertz CT molecular complexity index is 814. The number of benzene rings is 1. The lowest BCUT2D eigenvalue weighted by Crippen LogP contribution is -2.30. The normalized spacial score (nSPS) is 12.2. The van der Waals surface area contributed by atoms with E-state index in [-0.39, 0.29) is 11.0 Å². The zero-order valence-corrected chi connectivity index (χ0v) is 20.2. The molecule has 0 unspecified atom stereocenters. The first-order valence-corrected chi connectivity index (χ1v) is 9.95. The summed E-state index contributed by atoms with van der Waals surface area (Å²) in [6.07, 6.45) is 0. The molecular formula is C23H33ClN2O4. The Morgan fingerprint density at radius 1 is 0.933 bits per heavy atom. The summed E-state index contributed by atoms with van der Waals surface area (Å²) in [5.74, 6) is -1.49. The quantitative estimate of drug-likeness (QED) is 0.213. The van der Waals surface area contributed by atoms with E-state index in [0.717, 1.165) is 16.7 Å².